The fourth-order valence-corrected chi connectivity index (χ4v) is 3.21. The van der Waals surface area contributed by atoms with Crippen LogP contribution in [0.3, 0.4) is 0 Å². The predicted molar refractivity (Wildman–Crippen MR) is 68.0 cm³/mol. The standard InChI is InChI=1S/C10H16ClN3O3S/c1-6(2)12-9(15)5-14-8(4)10(7(3)13-14)18(11,16)17/h6H,5H2,1-4H3,(H,12,15). The number of nitrogens with one attached hydrogen (secondary N) is 1. The molecule has 0 aliphatic heterocycles. The highest BCUT2D eigenvalue weighted by molar-refractivity contribution is 8.13. The molecule has 0 aliphatic rings. The number of carbonyl (C=O) groups is 1. The molecule has 8 heteroatoms. The highest BCUT2D eigenvalue weighted by atomic mass is 35.7. The van der Waals surface area contributed by atoms with E-state index < -0.39 is 9.05 Å². The van der Waals surface area contributed by atoms with E-state index in [9.17, 15) is 13.2 Å². The summed E-state index contributed by atoms with van der Waals surface area (Å²) in [5, 5.41) is 6.72. The molecule has 0 atom stereocenters. The molecule has 0 radical (unpaired) electrons. The number of halogens is 1. The van der Waals surface area contributed by atoms with Crippen molar-refractivity contribution in [3.63, 3.8) is 0 Å². The van der Waals surface area contributed by atoms with Crippen LogP contribution in [0.4, 0.5) is 0 Å². The minimum absolute atomic E-state index is 0.0192. The Bertz CT molecular complexity index is 563. The van der Waals surface area contributed by atoms with Gasteiger partial charge in [0.05, 0.1) is 11.4 Å². The Labute approximate surface area is 111 Å². The van der Waals surface area contributed by atoms with Crippen molar-refractivity contribution in [1.29, 1.82) is 0 Å². The lowest BCUT2D eigenvalue weighted by Gasteiger charge is -2.09. The molecule has 1 N–H and O–H groups in total. The van der Waals surface area contributed by atoms with Gasteiger partial charge >= 0.3 is 0 Å². The molecule has 0 fully saturated rings. The highest BCUT2D eigenvalue weighted by Crippen LogP contribution is 2.22. The molecule has 0 spiro atoms. The molecule has 102 valence electrons. The smallest absolute Gasteiger partial charge is 0.264 e. The van der Waals surface area contributed by atoms with E-state index in [0.29, 0.717) is 11.4 Å². The summed E-state index contributed by atoms with van der Waals surface area (Å²) in [6.45, 7) is 6.76. The van der Waals surface area contributed by atoms with Crippen LogP contribution in [0.1, 0.15) is 25.2 Å². The number of aryl methyl sites for hydroxylation is 1. The number of amides is 1. The van der Waals surface area contributed by atoms with E-state index in [4.69, 9.17) is 10.7 Å². The lowest BCUT2D eigenvalue weighted by molar-refractivity contribution is -0.122. The lowest BCUT2D eigenvalue weighted by atomic mass is 10.4. The lowest BCUT2D eigenvalue weighted by Crippen LogP contribution is -2.33. The minimum Gasteiger partial charge on any atom is -0.352 e. The third-order valence-corrected chi connectivity index (χ3v) is 3.84. The molecule has 1 aromatic heterocycles. The zero-order chi connectivity index (χ0) is 14.1. The van der Waals surface area contributed by atoms with Gasteiger partial charge in [0.2, 0.25) is 5.91 Å². The van der Waals surface area contributed by atoms with Gasteiger partial charge in [-0.1, -0.05) is 0 Å². The maximum Gasteiger partial charge on any atom is 0.264 e. The van der Waals surface area contributed by atoms with E-state index in [-0.39, 0.29) is 23.4 Å². The first-order valence-electron chi connectivity index (χ1n) is 5.41. The number of aromatic nitrogens is 2. The first-order valence-corrected chi connectivity index (χ1v) is 7.72. The van der Waals surface area contributed by atoms with Crippen LogP contribution in [0.2, 0.25) is 0 Å². The predicted octanol–water partition coefficient (Wildman–Crippen LogP) is 0.952. The zero-order valence-electron chi connectivity index (χ0n) is 10.7. The van der Waals surface area contributed by atoms with E-state index >= 15 is 0 Å². The van der Waals surface area contributed by atoms with E-state index in [1.807, 2.05) is 13.8 Å². The SMILES string of the molecule is Cc1nn(CC(=O)NC(C)C)c(C)c1S(=O)(=O)Cl. The Morgan fingerprint density at radius 1 is 1.44 bits per heavy atom. The van der Waals surface area contributed by atoms with Gasteiger partial charge in [0, 0.05) is 16.7 Å². The number of rotatable bonds is 4. The molecule has 1 rings (SSSR count). The van der Waals surface area contributed by atoms with Crippen LogP contribution in [-0.4, -0.2) is 30.1 Å². The average molecular weight is 294 g/mol. The van der Waals surface area contributed by atoms with Crippen molar-refractivity contribution in [2.24, 2.45) is 0 Å². The van der Waals surface area contributed by atoms with Crippen molar-refractivity contribution >= 4 is 25.6 Å². The Hall–Kier alpha value is -1.08. The van der Waals surface area contributed by atoms with Crippen molar-refractivity contribution in [1.82, 2.24) is 15.1 Å². The number of hydrogen-bond acceptors (Lipinski definition) is 4. The summed E-state index contributed by atoms with van der Waals surface area (Å²) in [6, 6.07) is 0.0192. The van der Waals surface area contributed by atoms with Crippen LogP contribution in [0.5, 0.6) is 0 Å². The second-order valence-corrected chi connectivity index (χ2v) is 6.82. The van der Waals surface area contributed by atoms with Crippen molar-refractivity contribution < 1.29 is 13.2 Å². The monoisotopic (exact) mass is 293 g/mol. The summed E-state index contributed by atoms with van der Waals surface area (Å²) in [7, 11) is 1.48. The molecule has 1 amide bonds. The van der Waals surface area contributed by atoms with Crippen molar-refractivity contribution in [2.45, 2.75) is 45.2 Å². The average Bonchev–Trinajstić information content (AvgIpc) is 2.38. The van der Waals surface area contributed by atoms with Crippen LogP contribution in [-0.2, 0) is 20.4 Å². The van der Waals surface area contributed by atoms with E-state index in [1.54, 1.807) is 13.8 Å². The van der Waals surface area contributed by atoms with Gasteiger partial charge in [0.15, 0.2) is 0 Å². The molecule has 0 aromatic carbocycles. The van der Waals surface area contributed by atoms with E-state index in [1.165, 1.54) is 4.68 Å². The number of carbonyl (C=O) groups excluding carboxylic acids is 1. The molecule has 0 saturated carbocycles. The Kier molecular flexibility index (Phi) is 4.39. The van der Waals surface area contributed by atoms with Crippen LogP contribution < -0.4 is 5.32 Å². The van der Waals surface area contributed by atoms with Gasteiger partial charge in [-0.05, 0) is 27.7 Å². The van der Waals surface area contributed by atoms with Crippen molar-refractivity contribution in [2.75, 3.05) is 0 Å². The fraction of sp³-hybridized carbons (Fsp3) is 0.600. The summed E-state index contributed by atoms with van der Waals surface area (Å²) in [5.74, 6) is -0.228. The summed E-state index contributed by atoms with van der Waals surface area (Å²) in [5.41, 5.74) is 0.654. The van der Waals surface area contributed by atoms with Crippen LogP contribution in [0.25, 0.3) is 0 Å². The largest absolute Gasteiger partial charge is 0.352 e. The molecule has 6 nitrogen and oxygen atoms in total. The van der Waals surface area contributed by atoms with Crippen LogP contribution in [0.15, 0.2) is 4.90 Å². The van der Waals surface area contributed by atoms with Crippen LogP contribution >= 0.6 is 10.7 Å². The molecule has 0 bridgehead atoms. The molecule has 0 aliphatic carbocycles. The topological polar surface area (TPSA) is 81.1 Å². The maximum absolute atomic E-state index is 11.6. The minimum atomic E-state index is -3.84. The fourth-order valence-electron chi connectivity index (χ4n) is 1.69. The van der Waals surface area contributed by atoms with Crippen LogP contribution in [0, 0.1) is 13.8 Å². The molecular formula is C10H16ClN3O3S. The first-order chi connectivity index (χ1) is 8.12. The first kappa shape index (κ1) is 15.0. The summed E-state index contributed by atoms with van der Waals surface area (Å²) < 4.78 is 24.1. The van der Waals surface area contributed by atoms with Gasteiger partial charge in [-0.25, -0.2) is 8.42 Å². The number of nitrogens with zero attached hydrogens (tertiary/aromatic N) is 2. The molecule has 18 heavy (non-hydrogen) atoms. The van der Waals surface area contributed by atoms with Gasteiger partial charge < -0.3 is 5.32 Å². The summed E-state index contributed by atoms with van der Waals surface area (Å²) in [4.78, 5) is 11.6. The van der Waals surface area contributed by atoms with Crippen molar-refractivity contribution in [3.8, 4) is 0 Å². The quantitative estimate of drug-likeness (QED) is 0.838. The van der Waals surface area contributed by atoms with Gasteiger partial charge in [-0.15, -0.1) is 0 Å². The van der Waals surface area contributed by atoms with Gasteiger partial charge in [-0.3, -0.25) is 9.48 Å². The summed E-state index contributed by atoms with van der Waals surface area (Å²) >= 11 is 0. The molecule has 0 unspecified atom stereocenters. The molecule has 1 heterocycles. The molecule has 1 aromatic rings. The maximum atomic E-state index is 11.6. The van der Waals surface area contributed by atoms with Crippen molar-refractivity contribution in [3.05, 3.63) is 11.4 Å². The highest BCUT2D eigenvalue weighted by Gasteiger charge is 2.23. The third kappa shape index (κ3) is 3.46. The van der Waals surface area contributed by atoms with Gasteiger partial charge in [0.25, 0.3) is 9.05 Å². The molecule has 0 saturated heterocycles. The second-order valence-electron chi connectivity index (χ2n) is 4.32. The normalized spacial score (nSPS) is 11.9. The van der Waals surface area contributed by atoms with E-state index in [2.05, 4.69) is 10.4 Å². The third-order valence-electron chi connectivity index (χ3n) is 2.30. The number of hydrogen-bond donors (Lipinski definition) is 1. The Morgan fingerprint density at radius 3 is 2.39 bits per heavy atom. The van der Waals surface area contributed by atoms with E-state index in [0.717, 1.165) is 0 Å². The zero-order valence-corrected chi connectivity index (χ0v) is 12.3. The van der Waals surface area contributed by atoms with Gasteiger partial charge in [-0.2, -0.15) is 5.10 Å². The molecular weight excluding hydrogens is 278 g/mol. The Balaban J connectivity index is 3.04. The summed E-state index contributed by atoms with van der Waals surface area (Å²) in [6.07, 6.45) is 0. The second kappa shape index (κ2) is 5.27. The Morgan fingerprint density at radius 2 is 2.00 bits per heavy atom. The van der Waals surface area contributed by atoms with Gasteiger partial charge in [0.1, 0.15) is 11.4 Å².